The third-order valence-corrected chi connectivity index (χ3v) is 2.68. The molecule has 0 bridgehead atoms. The normalized spacial score (nSPS) is 9.68. The van der Waals surface area contributed by atoms with Gasteiger partial charge in [-0.3, -0.25) is 9.78 Å². The minimum atomic E-state index is -0.418. The summed E-state index contributed by atoms with van der Waals surface area (Å²) in [6.07, 6.45) is 1.45. The molecular formula is C13H9ClN4O. The van der Waals surface area contributed by atoms with E-state index in [9.17, 15) is 4.79 Å². The summed E-state index contributed by atoms with van der Waals surface area (Å²) < 4.78 is 0. The van der Waals surface area contributed by atoms with Crippen LogP contribution in [0.5, 0.6) is 0 Å². The van der Waals surface area contributed by atoms with E-state index in [4.69, 9.17) is 22.6 Å². The summed E-state index contributed by atoms with van der Waals surface area (Å²) in [5.41, 5.74) is 7.05. The van der Waals surface area contributed by atoms with Crippen LogP contribution in [0.25, 0.3) is 0 Å². The van der Waals surface area contributed by atoms with E-state index in [2.05, 4.69) is 10.3 Å². The number of carbonyl (C=O) groups excluding carboxylic acids is 1. The molecule has 2 rings (SSSR count). The van der Waals surface area contributed by atoms with Gasteiger partial charge in [0.05, 0.1) is 22.3 Å². The number of nitriles is 1. The lowest BCUT2D eigenvalue weighted by molar-refractivity contribution is 0.102. The molecule has 3 N–H and O–H groups in total. The number of hydrogen-bond acceptors (Lipinski definition) is 4. The predicted octanol–water partition coefficient (Wildman–Crippen LogP) is 2.44. The quantitative estimate of drug-likeness (QED) is 0.878. The number of anilines is 2. The number of halogens is 1. The maximum Gasteiger partial charge on any atom is 0.274 e. The van der Waals surface area contributed by atoms with Gasteiger partial charge in [0.25, 0.3) is 5.91 Å². The van der Waals surface area contributed by atoms with Crippen LogP contribution in [-0.2, 0) is 0 Å². The molecule has 0 aliphatic carbocycles. The lowest BCUT2D eigenvalue weighted by Crippen LogP contribution is -2.14. The fourth-order valence-corrected chi connectivity index (χ4v) is 1.67. The first-order valence-electron chi connectivity index (χ1n) is 5.32. The number of hydrogen-bond donors (Lipinski definition) is 2. The van der Waals surface area contributed by atoms with Gasteiger partial charge in [-0.15, -0.1) is 0 Å². The van der Waals surface area contributed by atoms with Crippen molar-refractivity contribution >= 4 is 28.9 Å². The molecule has 5 nitrogen and oxygen atoms in total. The summed E-state index contributed by atoms with van der Waals surface area (Å²) >= 11 is 5.96. The van der Waals surface area contributed by atoms with Gasteiger partial charge in [0, 0.05) is 11.9 Å². The van der Waals surface area contributed by atoms with Gasteiger partial charge in [0.2, 0.25) is 0 Å². The maximum atomic E-state index is 11.9. The molecule has 1 heterocycles. The molecular weight excluding hydrogens is 264 g/mol. The average molecular weight is 273 g/mol. The van der Waals surface area contributed by atoms with E-state index in [1.807, 2.05) is 6.07 Å². The van der Waals surface area contributed by atoms with Crippen molar-refractivity contribution in [2.24, 2.45) is 0 Å². The Bertz CT molecular complexity index is 679. The van der Waals surface area contributed by atoms with E-state index in [0.717, 1.165) is 0 Å². The van der Waals surface area contributed by atoms with Crippen molar-refractivity contribution in [1.29, 1.82) is 5.26 Å². The van der Waals surface area contributed by atoms with E-state index in [1.165, 1.54) is 18.3 Å². The van der Waals surface area contributed by atoms with Crippen molar-refractivity contribution in [3.8, 4) is 6.07 Å². The molecule has 6 heteroatoms. The van der Waals surface area contributed by atoms with Gasteiger partial charge in [-0.05, 0) is 30.3 Å². The molecule has 1 amide bonds. The number of pyridine rings is 1. The highest BCUT2D eigenvalue weighted by Gasteiger charge is 2.10. The second-order valence-electron chi connectivity index (χ2n) is 3.73. The van der Waals surface area contributed by atoms with Crippen LogP contribution in [0.2, 0.25) is 5.02 Å². The molecule has 2 aromatic rings. The number of nitrogens with one attached hydrogen (secondary N) is 1. The Hall–Kier alpha value is -2.58. The van der Waals surface area contributed by atoms with Crippen molar-refractivity contribution in [1.82, 2.24) is 4.98 Å². The highest BCUT2D eigenvalue weighted by Crippen LogP contribution is 2.23. The first-order chi connectivity index (χ1) is 9.10. The third kappa shape index (κ3) is 3.00. The fraction of sp³-hybridized carbons (Fsp3) is 0. The minimum Gasteiger partial charge on any atom is -0.399 e. The SMILES string of the molecule is N#Cc1ccc(NC(=O)c2cc(N)ccn2)c(Cl)c1. The van der Waals surface area contributed by atoms with Crippen LogP contribution < -0.4 is 11.1 Å². The zero-order valence-corrected chi connectivity index (χ0v) is 10.5. The number of amides is 1. The largest absolute Gasteiger partial charge is 0.399 e. The molecule has 0 radical (unpaired) electrons. The van der Waals surface area contributed by atoms with Crippen molar-refractivity contribution in [3.05, 3.63) is 52.8 Å². The first-order valence-corrected chi connectivity index (χ1v) is 5.70. The molecule has 0 spiro atoms. The van der Waals surface area contributed by atoms with Gasteiger partial charge in [-0.25, -0.2) is 0 Å². The van der Waals surface area contributed by atoms with Gasteiger partial charge >= 0.3 is 0 Å². The third-order valence-electron chi connectivity index (χ3n) is 2.36. The van der Waals surface area contributed by atoms with Crippen LogP contribution in [0.4, 0.5) is 11.4 Å². The molecule has 0 fully saturated rings. The number of nitrogens with zero attached hydrogens (tertiary/aromatic N) is 2. The second kappa shape index (κ2) is 5.38. The highest BCUT2D eigenvalue weighted by atomic mass is 35.5. The molecule has 19 heavy (non-hydrogen) atoms. The maximum absolute atomic E-state index is 11.9. The standard InChI is InChI=1S/C13H9ClN4O/c14-10-5-8(7-15)1-2-11(10)18-13(19)12-6-9(16)3-4-17-12/h1-6H,(H2,16,17)(H,18,19). The zero-order chi connectivity index (χ0) is 13.8. The molecule has 94 valence electrons. The molecule has 0 unspecified atom stereocenters. The van der Waals surface area contributed by atoms with E-state index in [0.29, 0.717) is 16.9 Å². The number of aromatic nitrogens is 1. The molecule has 0 atom stereocenters. The second-order valence-corrected chi connectivity index (χ2v) is 4.14. The molecule has 1 aromatic heterocycles. The summed E-state index contributed by atoms with van der Waals surface area (Å²) in [6.45, 7) is 0. The Labute approximate surface area is 114 Å². The Morgan fingerprint density at radius 3 is 2.79 bits per heavy atom. The summed E-state index contributed by atoms with van der Waals surface area (Å²) in [4.78, 5) is 15.8. The van der Waals surface area contributed by atoms with Crippen molar-refractivity contribution < 1.29 is 4.79 Å². The number of benzene rings is 1. The Kier molecular flexibility index (Phi) is 3.64. The van der Waals surface area contributed by atoms with Gasteiger partial charge in [0.1, 0.15) is 5.69 Å². The number of nitrogen functional groups attached to an aromatic ring is 1. The fourth-order valence-electron chi connectivity index (χ4n) is 1.44. The molecule has 0 aliphatic heterocycles. The first kappa shape index (κ1) is 12.9. The van der Waals surface area contributed by atoms with E-state index in [-0.39, 0.29) is 10.7 Å². The van der Waals surface area contributed by atoms with Crippen LogP contribution in [0.15, 0.2) is 36.5 Å². The van der Waals surface area contributed by atoms with E-state index in [1.54, 1.807) is 18.2 Å². The monoisotopic (exact) mass is 272 g/mol. The van der Waals surface area contributed by atoms with Gasteiger partial charge < -0.3 is 11.1 Å². The summed E-state index contributed by atoms with van der Waals surface area (Å²) in [7, 11) is 0. The van der Waals surface area contributed by atoms with E-state index < -0.39 is 5.91 Å². The smallest absolute Gasteiger partial charge is 0.274 e. The number of nitrogens with two attached hydrogens (primary N) is 1. The van der Waals surface area contributed by atoms with Gasteiger partial charge in [-0.1, -0.05) is 11.6 Å². The lowest BCUT2D eigenvalue weighted by atomic mass is 10.2. The molecule has 0 saturated carbocycles. The van der Waals surface area contributed by atoms with Gasteiger partial charge in [-0.2, -0.15) is 5.26 Å². The molecule has 0 aliphatic rings. The van der Waals surface area contributed by atoms with Crippen molar-refractivity contribution in [2.45, 2.75) is 0 Å². The number of rotatable bonds is 2. The summed E-state index contributed by atoms with van der Waals surface area (Å²) in [6, 6.07) is 9.62. The van der Waals surface area contributed by atoms with Crippen molar-refractivity contribution in [2.75, 3.05) is 11.1 Å². The Balaban J connectivity index is 2.22. The van der Waals surface area contributed by atoms with Crippen LogP contribution in [0, 0.1) is 11.3 Å². The molecule has 1 aromatic carbocycles. The van der Waals surface area contributed by atoms with E-state index >= 15 is 0 Å². The Morgan fingerprint density at radius 1 is 1.37 bits per heavy atom. The minimum absolute atomic E-state index is 0.195. The zero-order valence-electron chi connectivity index (χ0n) is 9.72. The van der Waals surface area contributed by atoms with Crippen LogP contribution in [0.1, 0.15) is 16.1 Å². The van der Waals surface area contributed by atoms with Crippen LogP contribution in [-0.4, -0.2) is 10.9 Å². The highest BCUT2D eigenvalue weighted by molar-refractivity contribution is 6.34. The summed E-state index contributed by atoms with van der Waals surface area (Å²) in [5, 5.41) is 11.6. The van der Waals surface area contributed by atoms with Gasteiger partial charge in [0.15, 0.2) is 0 Å². The summed E-state index contributed by atoms with van der Waals surface area (Å²) in [5.74, 6) is -0.418. The van der Waals surface area contributed by atoms with Crippen LogP contribution >= 0.6 is 11.6 Å². The van der Waals surface area contributed by atoms with Crippen molar-refractivity contribution in [3.63, 3.8) is 0 Å². The number of carbonyl (C=O) groups is 1. The van der Waals surface area contributed by atoms with Crippen LogP contribution in [0.3, 0.4) is 0 Å². The lowest BCUT2D eigenvalue weighted by Gasteiger charge is -2.07. The topological polar surface area (TPSA) is 91.8 Å². The Morgan fingerprint density at radius 2 is 2.16 bits per heavy atom. The average Bonchev–Trinajstić information content (AvgIpc) is 2.41. The predicted molar refractivity (Wildman–Crippen MR) is 72.8 cm³/mol. The molecule has 0 saturated heterocycles.